The fraction of sp³-hybridized carbons (Fsp3) is 0.571. The molecule has 1 unspecified atom stereocenters. The fourth-order valence-electron chi connectivity index (χ4n) is 2.51. The van der Waals surface area contributed by atoms with Gasteiger partial charge in [-0.25, -0.2) is 8.78 Å². The van der Waals surface area contributed by atoms with Gasteiger partial charge in [0.05, 0.1) is 6.10 Å². The summed E-state index contributed by atoms with van der Waals surface area (Å²) < 4.78 is 25.8. The molecule has 0 bridgehead atoms. The Bertz CT molecular complexity index is 416. The number of benzene rings is 1. The van der Waals surface area contributed by atoms with Crippen molar-refractivity contribution in [2.75, 3.05) is 6.54 Å². The van der Waals surface area contributed by atoms with E-state index >= 15 is 0 Å². The third-order valence-corrected chi connectivity index (χ3v) is 3.76. The van der Waals surface area contributed by atoms with Crippen molar-refractivity contribution in [3.63, 3.8) is 0 Å². The minimum Gasteiger partial charge on any atom is -0.387 e. The zero-order valence-electron chi connectivity index (χ0n) is 10.5. The lowest BCUT2D eigenvalue weighted by Crippen LogP contribution is -2.41. The van der Waals surface area contributed by atoms with Crippen LogP contribution in [0.15, 0.2) is 18.2 Å². The van der Waals surface area contributed by atoms with Crippen molar-refractivity contribution in [2.24, 2.45) is 0 Å². The molecular formula is C14H19F2NO. The predicted molar refractivity (Wildman–Crippen MR) is 66.2 cm³/mol. The van der Waals surface area contributed by atoms with Gasteiger partial charge in [0.1, 0.15) is 0 Å². The summed E-state index contributed by atoms with van der Waals surface area (Å²) in [4.78, 5) is 0. The fourth-order valence-corrected chi connectivity index (χ4v) is 2.51. The van der Waals surface area contributed by atoms with Crippen molar-refractivity contribution in [1.82, 2.24) is 5.32 Å². The second-order valence-electron chi connectivity index (χ2n) is 5.34. The first-order valence-electron chi connectivity index (χ1n) is 6.38. The number of nitrogens with one attached hydrogen (secondary N) is 1. The molecule has 1 aromatic carbocycles. The Hall–Kier alpha value is -1.00. The van der Waals surface area contributed by atoms with Gasteiger partial charge in [0.25, 0.3) is 0 Å². The van der Waals surface area contributed by atoms with Crippen molar-refractivity contribution in [3.05, 3.63) is 35.4 Å². The van der Waals surface area contributed by atoms with E-state index in [0.29, 0.717) is 12.1 Å². The number of halogens is 2. The number of aliphatic hydroxyl groups is 1. The van der Waals surface area contributed by atoms with E-state index < -0.39 is 17.7 Å². The van der Waals surface area contributed by atoms with Crippen LogP contribution in [0.3, 0.4) is 0 Å². The van der Waals surface area contributed by atoms with Crippen LogP contribution in [0.1, 0.15) is 44.3 Å². The maximum absolute atomic E-state index is 13.0. The molecule has 0 aliphatic heterocycles. The Morgan fingerprint density at radius 3 is 2.56 bits per heavy atom. The minimum absolute atomic E-state index is 0.0690. The molecular weight excluding hydrogens is 236 g/mol. The number of rotatable bonds is 4. The van der Waals surface area contributed by atoms with E-state index in [2.05, 4.69) is 12.2 Å². The van der Waals surface area contributed by atoms with Gasteiger partial charge >= 0.3 is 0 Å². The Kier molecular flexibility index (Phi) is 3.97. The molecule has 0 spiro atoms. The lowest BCUT2D eigenvalue weighted by atomic mass is 10.00. The molecule has 2 nitrogen and oxygen atoms in total. The van der Waals surface area contributed by atoms with E-state index in [4.69, 9.17) is 0 Å². The Morgan fingerprint density at radius 2 is 1.94 bits per heavy atom. The van der Waals surface area contributed by atoms with Crippen LogP contribution in [0.5, 0.6) is 0 Å². The third kappa shape index (κ3) is 3.06. The topological polar surface area (TPSA) is 32.3 Å². The summed E-state index contributed by atoms with van der Waals surface area (Å²) in [6.45, 7) is 2.50. The highest BCUT2D eigenvalue weighted by atomic mass is 19.2. The Labute approximate surface area is 106 Å². The summed E-state index contributed by atoms with van der Waals surface area (Å²) in [5.74, 6) is -1.81. The van der Waals surface area contributed by atoms with Crippen molar-refractivity contribution in [2.45, 2.75) is 44.2 Å². The number of β-amino-alcohol motifs (C(OH)–C–C–N with tert-alkyl or cyclic N) is 1. The highest BCUT2D eigenvalue weighted by Crippen LogP contribution is 2.29. The first kappa shape index (κ1) is 13.4. The van der Waals surface area contributed by atoms with E-state index in [-0.39, 0.29) is 5.54 Å². The molecule has 1 aliphatic rings. The molecule has 0 radical (unpaired) electrons. The SMILES string of the molecule is CC1(NCC(O)c2ccc(F)c(F)c2)CCCC1. The highest BCUT2D eigenvalue weighted by Gasteiger charge is 2.28. The zero-order chi connectivity index (χ0) is 13.2. The van der Waals surface area contributed by atoms with Gasteiger partial charge in [-0.15, -0.1) is 0 Å². The molecule has 1 aliphatic carbocycles. The molecule has 1 fully saturated rings. The molecule has 1 saturated carbocycles. The average molecular weight is 255 g/mol. The van der Waals surface area contributed by atoms with Gasteiger partial charge in [-0.05, 0) is 37.5 Å². The van der Waals surface area contributed by atoms with E-state index in [0.717, 1.165) is 25.0 Å². The van der Waals surface area contributed by atoms with Gasteiger partial charge in [-0.1, -0.05) is 18.9 Å². The molecule has 18 heavy (non-hydrogen) atoms. The molecule has 0 aromatic heterocycles. The molecule has 2 rings (SSSR count). The van der Waals surface area contributed by atoms with Crippen molar-refractivity contribution in [1.29, 1.82) is 0 Å². The van der Waals surface area contributed by atoms with Crippen molar-refractivity contribution < 1.29 is 13.9 Å². The van der Waals surface area contributed by atoms with Crippen LogP contribution in [-0.2, 0) is 0 Å². The van der Waals surface area contributed by atoms with Crippen LogP contribution in [0, 0.1) is 11.6 Å². The molecule has 100 valence electrons. The van der Waals surface area contributed by atoms with Crippen LogP contribution in [0.25, 0.3) is 0 Å². The summed E-state index contributed by atoms with van der Waals surface area (Å²) >= 11 is 0. The van der Waals surface area contributed by atoms with Gasteiger partial charge in [-0.2, -0.15) is 0 Å². The maximum atomic E-state index is 13.0. The molecule has 0 saturated heterocycles. The first-order valence-corrected chi connectivity index (χ1v) is 6.38. The van der Waals surface area contributed by atoms with Gasteiger partial charge in [0.15, 0.2) is 11.6 Å². The predicted octanol–water partition coefficient (Wildman–Crippen LogP) is 2.92. The Balaban J connectivity index is 1.94. The number of hydrogen-bond acceptors (Lipinski definition) is 2. The van der Waals surface area contributed by atoms with Crippen molar-refractivity contribution in [3.8, 4) is 0 Å². The van der Waals surface area contributed by atoms with Crippen LogP contribution in [0.2, 0.25) is 0 Å². The van der Waals surface area contributed by atoms with Gasteiger partial charge in [0.2, 0.25) is 0 Å². The first-order chi connectivity index (χ1) is 8.50. The largest absolute Gasteiger partial charge is 0.387 e. The highest BCUT2D eigenvalue weighted by molar-refractivity contribution is 5.20. The second-order valence-corrected chi connectivity index (χ2v) is 5.34. The van der Waals surface area contributed by atoms with Crippen LogP contribution < -0.4 is 5.32 Å². The number of aliphatic hydroxyl groups excluding tert-OH is 1. The molecule has 4 heteroatoms. The monoisotopic (exact) mass is 255 g/mol. The van der Waals surface area contributed by atoms with Crippen molar-refractivity contribution >= 4 is 0 Å². The van der Waals surface area contributed by atoms with Gasteiger partial charge < -0.3 is 10.4 Å². The van der Waals surface area contributed by atoms with E-state index in [1.807, 2.05) is 0 Å². The number of hydrogen-bond donors (Lipinski definition) is 2. The third-order valence-electron chi connectivity index (χ3n) is 3.76. The van der Waals surface area contributed by atoms with Crippen LogP contribution >= 0.6 is 0 Å². The minimum atomic E-state index is -0.918. The van der Waals surface area contributed by atoms with Crippen LogP contribution in [-0.4, -0.2) is 17.2 Å². The summed E-state index contributed by atoms with van der Waals surface area (Å²) in [6, 6.07) is 3.52. The van der Waals surface area contributed by atoms with Gasteiger partial charge in [0, 0.05) is 12.1 Å². The van der Waals surface area contributed by atoms with E-state index in [1.165, 1.54) is 18.9 Å². The smallest absolute Gasteiger partial charge is 0.159 e. The maximum Gasteiger partial charge on any atom is 0.159 e. The summed E-state index contributed by atoms with van der Waals surface area (Å²) in [7, 11) is 0. The lowest BCUT2D eigenvalue weighted by Gasteiger charge is -2.27. The molecule has 0 amide bonds. The normalized spacial score (nSPS) is 20.0. The lowest BCUT2D eigenvalue weighted by molar-refractivity contribution is 0.158. The van der Waals surface area contributed by atoms with Crippen LogP contribution in [0.4, 0.5) is 8.78 Å². The zero-order valence-corrected chi connectivity index (χ0v) is 10.5. The van der Waals surface area contributed by atoms with E-state index in [9.17, 15) is 13.9 Å². The molecule has 1 aromatic rings. The Morgan fingerprint density at radius 1 is 1.28 bits per heavy atom. The quantitative estimate of drug-likeness (QED) is 0.867. The summed E-state index contributed by atoms with van der Waals surface area (Å²) in [5, 5.41) is 13.3. The summed E-state index contributed by atoms with van der Waals surface area (Å²) in [6.07, 6.45) is 3.78. The molecule has 1 atom stereocenters. The van der Waals surface area contributed by atoms with Gasteiger partial charge in [-0.3, -0.25) is 0 Å². The summed E-state index contributed by atoms with van der Waals surface area (Å²) in [5.41, 5.74) is 0.475. The van der Waals surface area contributed by atoms with E-state index in [1.54, 1.807) is 0 Å². The molecule has 0 heterocycles. The average Bonchev–Trinajstić information content (AvgIpc) is 2.77. The standard InChI is InChI=1S/C14H19F2NO/c1-14(6-2-3-7-14)17-9-13(18)10-4-5-11(15)12(16)8-10/h4-5,8,13,17-18H,2-3,6-7,9H2,1H3. The second kappa shape index (κ2) is 5.33. The molecule has 2 N–H and O–H groups in total.